The number of fused-ring (bicyclic) bond motifs is 1. The van der Waals surface area contributed by atoms with Gasteiger partial charge < -0.3 is 10.5 Å². The molecule has 0 bridgehead atoms. The summed E-state index contributed by atoms with van der Waals surface area (Å²) in [4.78, 5) is 18.4. The molecule has 1 aromatic carbocycles. The van der Waals surface area contributed by atoms with Gasteiger partial charge in [0.05, 0.1) is 22.6 Å². The van der Waals surface area contributed by atoms with Crippen molar-refractivity contribution in [1.29, 1.82) is 0 Å². The fourth-order valence-electron chi connectivity index (χ4n) is 1.90. The van der Waals surface area contributed by atoms with E-state index >= 15 is 0 Å². The number of pyridine rings is 2. The lowest BCUT2D eigenvalue weighted by Crippen LogP contribution is -1.97. The van der Waals surface area contributed by atoms with Gasteiger partial charge in [0.2, 0.25) is 5.88 Å². The Morgan fingerprint density at radius 3 is 2.86 bits per heavy atom. The van der Waals surface area contributed by atoms with E-state index in [1.165, 1.54) is 12.1 Å². The van der Waals surface area contributed by atoms with Crippen molar-refractivity contribution in [2.75, 3.05) is 5.73 Å². The Bertz CT molecular complexity index is 835. The van der Waals surface area contributed by atoms with Crippen molar-refractivity contribution in [3.63, 3.8) is 0 Å². The van der Waals surface area contributed by atoms with Gasteiger partial charge in [0, 0.05) is 17.6 Å². The topological polar surface area (TPSA) is 104 Å². The molecule has 0 fully saturated rings. The Morgan fingerprint density at radius 1 is 1.19 bits per heavy atom. The lowest BCUT2D eigenvalue weighted by Gasteiger charge is -2.06. The van der Waals surface area contributed by atoms with Crippen LogP contribution in [0.15, 0.2) is 48.7 Å². The van der Waals surface area contributed by atoms with Crippen molar-refractivity contribution < 1.29 is 9.66 Å². The highest BCUT2D eigenvalue weighted by Gasteiger charge is 2.11. The van der Waals surface area contributed by atoms with E-state index in [4.69, 9.17) is 10.5 Å². The van der Waals surface area contributed by atoms with E-state index in [9.17, 15) is 10.1 Å². The second-order valence-electron chi connectivity index (χ2n) is 4.31. The molecule has 2 heterocycles. The molecule has 3 rings (SSSR count). The SMILES string of the molecule is Nc1cc([N+](=O)[O-])cc(Oc2ccc3cccnc3c2)n1. The summed E-state index contributed by atoms with van der Waals surface area (Å²) < 4.78 is 5.52. The molecule has 0 amide bonds. The second kappa shape index (κ2) is 5.04. The van der Waals surface area contributed by atoms with E-state index in [1.54, 1.807) is 18.3 Å². The molecular formula is C14H10N4O3. The first-order valence-corrected chi connectivity index (χ1v) is 6.06. The standard InChI is InChI=1S/C14H10N4O3/c15-13-6-10(18(19)20)7-14(17-13)21-11-4-3-9-2-1-5-16-12(9)8-11/h1-8H,(H2,15,17). The molecule has 7 heteroatoms. The van der Waals surface area contributed by atoms with Crippen LogP contribution in [-0.2, 0) is 0 Å². The van der Waals surface area contributed by atoms with Crippen molar-refractivity contribution >= 4 is 22.4 Å². The van der Waals surface area contributed by atoms with Crippen LogP contribution in [-0.4, -0.2) is 14.9 Å². The highest BCUT2D eigenvalue weighted by atomic mass is 16.6. The molecule has 0 atom stereocenters. The van der Waals surface area contributed by atoms with Gasteiger partial charge in [-0.2, -0.15) is 4.98 Å². The van der Waals surface area contributed by atoms with Crippen LogP contribution in [0.25, 0.3) is 10.9 Å². The maximum atomic E-state index is 10.8. The fourth-order valence-corrected chi connectivity index (χ4v) is 1.90. The van der Waals surface area contributed by atoms with E-state index < -0.39 is 4.92 Å². The first-order valence-electron chi connectivity index (χ1n) is 6.06. The summed E-state index contributed by atoms with van der Waals surface area (Å²) in [6.45, 7) is 0. The molecule has 2 N–H and O–H groups in total. The second-order valence-corrected chi connectivity index (χ2v) is 4.31. The van der Waals surface area contributed by atoms with Gasteiger partial charge in [-0.15, -0.1) is 0 Å². The number of anilines is 1. The number of nitrogens with two attached hydrogens (primary N) is 1. The fraction of sp³-hybridized carbons (Fsp3) is 0. The predicted octanol–water partition coefficient (Wildman–Crippen LogP) is 2.91. The number of nitro groups is 1. The minimum atomic E-state index is -0.549. The summed E-state index contributed by atoms with van der Waals surface area (Å²) in [5.74, 6) is 0.573. The molecule has 0 radical (unpaired) electrons. The van der Waals surface area contributed by atoms with Crippen molar-refractivity contribution in [3.05, 3.63) is 58.8 Å². The van der Waals surface area contributed by atoms with Crippen LogP contribution in [0.4, 0.5) is 11.5 Å². The third-order valence-electron chi connectivity index (χ3n) is 2.82. The molecule has 104 valence electrons. The zero-order chi connectivity index (χ0) is 14.8. The molecule has 0 saturated heterocycles. The van der Waals surface area contributed by atoms with Gasteiger partial charge in [0.1, 0.15) is 11.6 Å². The summed E-state index contributed by atoms with van der Waals surface area (Å²) in [6.07, 6.45) is 1.68. The Morgan fingerprint density at radius 2 is 2.05 bits per heavy atom. The third-order valence-corrected chi connectivity index (χ3v) is 2.82. The van der Waals surface area contributed by atoms with Crippen LogP contribution in [0.5, 0.6) is 11.6 Å². The van der Waals surface area contributed by atoms with E-state index in [0.717, 1.165) is 10.9 Å². The molecule has 0 aliphatic carbocycles. The van der Waals surface area contributed by atoms with Gasteiger partial charge in [-0.1, -0.05) is 6.07 Å². The van der Waals surface area contributed by atoms with Crippen molar-refractivity contribution in [3.8, 4) is 11.6 Å². The Kier molecular flexibility index (Phi) is 3.07. The Balaban J connectivity index is 1.96. The number of ether oxygens (including phenoxy) is 1. The van der Waals surface area contributed by atoms with Gasteiger partial charge in [0.15, 0.2) is 0 Å². The minimum absolute atomic E-state index is 0.0260. The molecule has 0 spiro atoms. The maximum Gasteiger partial charge on any atom is 0.278 e. The summed E-state index contributed by atoms with van der Waals surface area (Å²) in [5, 5.41) is 11.8. The quantitative estimate of drug-likeness (QED) is 0.585. The highest BCUT2D eigenvalue weighted by molar-refractivity contribution is 5.79. The van der Waals surface area contributed by atoms with Crippen LogP contribution >= 0.6 is 0 Å². The number of nitrogens with zero attached hydrogens (tertiary/aromatic N) is 3. The van der Waals surface area contributed by atoms with Crippen LogP contribution in [0.2, 0.25) is 0 Å². The van der Waals surface area contributed by atoms with Gasteiger partial charge >= 0.3 is 0 Å². The van der Waals surface area contributed by atoms with Crippen molar-refractivity contribution in [1.82, 2.24) is 9.97 Å². The molecule has 0 aliphatic heterocycles. The van der Waals surface area contributed by atoms with Crippen molar-refractivity contribution in [2.45, 2.75) is 0 Å². The third kappa shape index (κ3) is 2.71. The summed E-state index contributed by atoms with van der Waals surface area (Å²) >= 11 is 0. The van der Waals surface area contributed by atoms with Crippen LogP contribution in [0.3, 0.4) is 0 Å². The number of rotatable bonds is 3. The van der Waals surface area contributed by atoms with Gasteiger partial charge in [-0.3, -0.25) is 15.1 Å². The van der Waals surface area contributed by atoms with E-state index in [1.807, 2.05) is 18.2 Å². The molecular weight excluding hydrogens is 272 g/mol. The number of hydrogen-bond donors (Lipinski definition) is 1. The zero-order valence-electron chi connectivity index (χ0n) is 10.8. The predicted molar refractivity (Wildman–Crippen MR) is 77.1 cm³/mol. The van der Waals surface area contributed by atoms with E-state index in [0.29, 0.717) is 5.75 Å². The van der Waals surface area contributed by atoms with Gasteiger partial charge in [0.25, 0.3) is 5.69 Å². The molecule has 7 nitrogen and oxygen atoms in total. The largest absolute Gasteiger partial charge is 0.439 e. The lowest BCUT2D eigenvalue weighted by molar-refractivity contribution is -0.384. The van der Waals surface area contributed by atoms with E-state index in [-0.39, 0.29) is 17.4 Å². The molecule has 0 aliphatic rings. The van der Waals surface area contributed by atoms with E-state index in [2.05, 4.69) is 9.97 Å². The molecule has 0 unspecified atom stereocenters. The summed E-state index contributed by atoms with van der Waals surface area (Å²) in [5.41, 5.74) is 6.12. The van der Waals surface area contributed by atoms with Crippen molar-refractivity contribution in [2.24, 2.45) is 0 Å². The number of aromatic nitrogens is 2. The first-order chi connectivity index (χ1) is 10.1. The highest BCUT2D eigenvalue weighted by Crippen LogP contribution is 2.27. The molecule has 2 aromatic heterocycles. The van der Waals surface area contributed by atoms with Crippen LogP contribution < -0.4 is 10.5 Å². The maximum absolute atomic E-state index is 10.8. The Labute approximate surface area is 119 Å². The number of hydrogen-bond acceptors (Lipinski definition) is 6. The minimum Gasteiger partial charge on any atom is -0.439 e. The zero-order valence-corrected chi connectivity index (χ0v) is 10.8. The summed E-state index contributed by atoms with van der Waals surface area (Å²) in [7, 11) is 0. The normalized spacial score (nSPS) is 10.5. The van der Waals surface area contributed by atoms with Crippen LogP contribution in [0.1, 0.15) is 0 Å². The average molecular weight is 282 g/mol. The smallest absolute Gasteiger partial charge is 0.278 e. The first kappa shape index (κ1) is 12.8. The molecule has 3 aromatic rings. The number of benzene rings is 1. The van der Waals surface area contributed by atoms with Crippen LogP contribution in [0, 0.1) is 10.1 Å². The molecule has 21 heavy (non-hydrogen) atoms. The average Bonchev–Trinajstić information content (AvgIpc) is 2.46. The summed E-state index contributed by atoms with van der Waals surface area (Å²) in [6, 6.07) is 11.5. The lowest BCUT2D eigenvalue weighted by atomic mass is 10.2. The number of nitrogen functional groups attached to an aromatic ring is 1. The monoisotopic (exact) mass is 282 g/mol. The van der Waals surface area contributed by atoms with Gasteiger partial charge in [-0.05, 0) is 18.2 Å². The van der Waals surface area contributed by atoms with Gasteiger partial charge in [-0.25, -0.2) is 0 Å². The Hall–Kier alpha value is -3.22. The molecule has 0 saturated carbocycles.